The average molecular weight is 301 g/mol. The lowest BCUT2D eigenvalue weighted by Gasteiger charge is -2.07. The van der Waals surface area contributed by atoms with E-state index in [0.717, 1.165) is 17.1 Å². The molecule has 0 saturated carbocycles. The number of nitrogen functional groups attached to an aromatic ring is 1. The number of rotatable bonds is 5. The zero-order valence-electron chi connectivity index (χ0n) is 9.84. The van der Waals surface area contributed by atoms with E-state index in [9.17, 15) is 12.8 Å². The summed E-state index contributed by atoms with van der Waals surface area (Å²) in [5.41, 5.74) is 5.55. The Morgan fingerprint density at radius 1 is 1.42 bits per heavy atom. The maximum Gasteiger partial charge on any atom is 0.243 e. The third-order valence-corrected chi connectivity index (χ3v) is 4.69. The number of nitrogens with zero attached hydrogens (tertiary/aromatic N) is 1. The number of aromatic nitrogens is 1. The molecule has 2 aromatic rings. The summed E-state index contributed by atoms with van der Waals surface area (Å²) in [7, 11) is -3.86. The zero-order valence-corrected chi connectivity index (χ0v) is 11.5. The largest absolute Gasteiger partial charge is 0.399 e. The molecular formula is C11H12FN3O2S2. The number of hydrogen-bond acceptors (Lipinski definition) is 5. The van der Waals surface area contributed by atoms with E-state index in [0.29, 0.717) is 6.42 Å². The van der Waals surface area contributed by atoms with Crippen LogP contribution in [-0.2, 0) is 16.4 Å². The molecule has 1 aromatic carbocycles. The topological polar surface area (TPSA) is 85.1 Å². The van der Waals surface area contributed by atoms with Gasteiger partial charge in [-0.25, -0.2) is 22.5 Å². The molecule has 1 heterocycles. The Kier molecular flexibility index (Phi) is 4.13. The molecule has 0 fully saturated rings. The normalized spacial score (nSPS) is 11.6. The van der Waals surface area contributed by atoms with E-state index in [2.05, 4.69) is 9.71 Å². The van der Waals surface area contributed by atoms with Crippen LogP contribution in [0.3, 0.4) is 0 Å². The third kappa shape index (κ3) is 3.49. The van der Waals surface area contributed by atoms with Crippen molar-refractivity contribution in [1.29, 1.82) is 0 Å². The van der Waals surface area contributed by atoms with Crippen LogP contribution in [0.25, 0.3) is 0 Å². The molecule has 0 aliphatic carbocycles. The SMILES string of the molecule is Nc1ccc(S(=O)(=O)NCCc2nccs2)c(F)c1. The van der Waals surface area contributed by atoms with Gasteiger partial charge < -0.3 is 5.73 Å². The molecule has 0 amide bonds. The lowest BCUT2D eigenvalue weighted by Crippen LogP contribution is -2.26. The molecule has 5 nitrogen and oxygen atoms in total. The van der Waals surface area contributed by atoms with E-state index in [1.54, 1.807) is 6.20 Å². The minimum absolute atomic E-state index is 0.166. The second-order valence-electron chi connectivity index (χ2n) is 3.76. The number of benzene rings is 1. The first-order valence-electron chi connectivity index (χ1n) is 5.42. The summed E-state index contributed by atoms with van der Waals surface area (Å²) in [6, 6.07) is 3.48. The fourth-order valence-electron chi connectivity index (χ4n) is 1.48. The van der Waals surface area contributed by atoms with Crippen LogP contribution in [-0.4, -0.2) is 19.9 Å². The van der Waals surface area contributed by atoms with Gasteiger partial charge in [-0.2, -0.15) is 0 Å². The van der Waals surface area contributed by atoms with Crippen molar-refractivity contribution in [2.75, 3.05) is 12.3 Å². The standard InChI is InChI=1S/C11H12FN3O2S2/c12-9-7-8(13)1-2-10(9)19(16,17)15-4-3-11-14-5-6-18-11/h1-2,5-7,15H,3-4,13H2. The number of halogens is 1. The van der Waals surface area contributed by atoms with Gasteiger partial charge in [0.25, 0.3) is 0 Å². The van der Waals surface area contributed by atoms with Crippen molar-refractivity contribution in [3.8, 4) is 0 Å². The lowest BCUT2D eigenvalue weighted by molar-refractivity contribution is 0.557. The zero-order chi connectivity index (χ0) is 13.9. The summed E-state index contributed by atoms with van der Waals surface area (Å²) in [5.74, 6) is -0.859. The monoisotopic (exact) mass is 301 g/mol. The Bertz CT molecular complexity index is 657. The van der Waals surface area contributed by atoms with Crippen LogP contribution in [0.15, 0.2) is 34.7 Å². The molecule has 0 spiro atoms. The van der Waals surface area contributed by atoms with Crippen LogP contribution in [0.2, 0.25) is 0 Å². The highest BCUT2D eigenvalue weighted by atomic mass is 32.2. The summed E-state index contributed by atoms with van der Waals surface area (Å²) in [6.07, 6.45) is 2.11. The fraction of sp³-hybridized carbons (Fsp3) is 0.182. The van der Waals surface area contributed by atoms with Crippen molar-refractivity contribution in [2.24, 2.45) is 0 Å². The van der Waals surface area contributed by atoms with Crippen LogP contribution in [0.4, 0.5) is 10.1 Å². The number of hydrogen-bond donors (Lipinski definition) is 2. The maximum absolute atomic E-state index is 13.5. The molecule has 3 N–H and O–H groups in total. The summed E-state index contributed by atoms with van der Waals surface area (Å²) in [6.45, 7) is 0.166. The van der Waals surface area contributed by atoms with Gasteiger partial charge >= 0.3 is 0 Å². The van der Waals surface area contributed by atoms with E-state index < -0.39 is 20.7 Å². The van der Waals surface area contributed by atoms with Crippen molar-refractivity contribution >= 4 is 27.0 Å². The molecular weight excluding hydrogens is 289 g/mol. The molecule has 0 bridgehead atoms. The number of thiazole rings is 1. The molecule has 102 valence electrons. The van der Waals surface area contributed by atoms with E-state index in [4.69, 9.17) is 5.73 Å². The Labute approximate surface area is 114 Å². The van der Waals surface area contributed by atoms with E-state index in [1.165, 1.54) is 17.4 Å². The van der Waals surface area contributed by atoms with Crippen LogP contribution in [0.1, 0.15) is 5.01 Å². The Morgan fingerprint density at radius 2 is 2.21 bits per heavy atom. The second kappa shape index (κ2) is 5.64. The number of nitrogens with two attached hydrogens (primary N) is 1. The first-order valence-corrected chi connectivity index (χ1v) is 7.78. The minimum Gasteiger partial charge on any atom is -0.399 e. The summed E-state index contributed by atoms with van der Waals surface area (Å²) < 4.78 is 39.6. The maximum atomic E-state index is 13.5. The first-order chi connectivity index (χ1) is 8.99. The highest BCUT2D eigenvalue weighted by molar-refractivity contribution is 7.89. The average Bonchev–Trinajstić information content (AvgIpc) is 2.81. The van der Waals surface area contributed by atoms with Gasteiger partial charge in [-0.15, -0.1) is 11.3 Å². The predicted molar refractivity (Wildman–Crippen MR) is 71.8 cm³/mol. The molecule has 2 rings (SSSR count). The second-order valence-corrected chi connectivity index (χ2v) is 6.48. The molecule has 8 heteroatoms. The highest BCUT2D eigenvalue weighted by Gasteiger charge is 2.18. The fourth-order valence-corrected chi connectivity index (χ4v) is 3.19. The van der Waals surface area contributed by atoms with Gasteiger partial charge in [0.15, 0.2) is 0 Å². The van der Waals surface area contributed by atoms with Crippen LogP contribution in [0.5, 0.6) is 0 Å². The van der Waals surface area contributed by atoms with Crippen LogP contribution in [0, 0.1) is 5.82 Å². The lowest BCUT2D eigenvalue weighted by atomic mass is 10.3. The Hall–Kier alpha value is -1.51. The van der Waals surface area contributed by atoms with Gasteiger partial charge in [-0.3, -0.25) is 0 Å². The number of anilines is 1. The summed E-state index contributed by atoms with van der Waals surface area (Å²) in [5, 5.41) is 2.63. The van der Waals surface area contributed by atoms with Gasteiger partial charge in [0.2, 0.25) is 10.0 Å². The van der Waals surface area contributed by atoms with Gasteiger partial charge in [0.05, 0.1) is 5.01 Å². The summed E-state index contributed by atoms with van der Waals surface area (Å²) in [4.78, 5) is 3.63. The molecule has 0 aliphatic rings. The number of nitrogens with one attached hydrogen (secondary N) is 1. The molecule has 1 aromatic heterocycles. The van der Waals surface area contributed by atoms with Crippen molar-refractivity contribution in [3.63, 3.8) is 0 Å². The van der Waals surface area contributed by atoms with Gasteiger partial charge in [-0.05, 0) is 18.2 Å². The Morgan fingerprint density at radius 3 is 2.84 bits per heavy atom. The predicted octanol–water partition coefficient (Wildman–Crippen LogP) is 1.39. The smallest absolute Gasteiger partial charge is 0.243 e. The van der Waals surface area contributed by atoms with E-state index in [-0.39, 0.29) is 12.2 Å². The third-order valence-electron chi connectivity index (χ3n) is 2.36. The van der Waals surface area contributed by atoms with Crippen molar-refractivity contribution in [1.82, 2.24) is 9.71 Å². The van der Waals surface area contributed by atoms with Crippen LogP contribution < -0.4 is 10.5 Å². The molecule has 0 unspecified atom stereocenters. The molecule has 0 radical (unpaired) electrons. The van der Waals surface area contributed by atoms with Gasteiger partial charge in [0, 0.05) is 30.2 Å². The molecule has 0 saturated heterocycles. The first kappa shape index (κ1) is 13.9. The van der Waals surface area contributed by atoms with Crippen molar-refractivity contribution < 1.29 is 12.8 Å². The van der Waals surface area contributed by atoms with Gasteiger partial charge in [-0.1, -0.05) is 0 Å². The van der Waals surface area contributed by atoms with Crippen molar-refractivity contribution in [3.05, 3.63) is 40.6 Å². The Balaban J connectivity index is 2.05. The minimum atomic E-state index is -3.86. The highest BCUT2D eigenvalue weighted by Crippen LogP contribution is 2.17. The van der Waals surface area contributed by atoms with E-state index >= 15 is 0 Å². The number of sulfonamides is 1. The van der Waals surface area contributed by atoms with E-state index in [1.807, 2.05) is 5.38 Å². The van der Waals surface area contributed by atoms with Gasteiger partial charge in [0.1, 0.15) is 10.7 Å². The molecule has 0 aliphatic heterocycles. The quantitative estimate of drug-likeness (QED) is 0.817. The molecule has 19 heavy (non-hydrogen) atoms. The van der Waals surface area contributed by atoms with Crippen molar-refractivity contribution in [2.45, 2.75) is 11.3 Å². The molecule has 0 atom stereocenters. The summed E-state index contributed by atoms with van der Waals surface area (Å²) >= 11 is 1.44. The van der Waals surface area contributed by atoms with Crippen LogP contribution >= 0.6 is 11.3 Å².